The average Bonchev–Trinajstić information content (AvgIpc) is 3.23. The summed E-state index contributed by atoms with van der Waals surface area (Å²) in [6.07, 6.45) is -3.82. The van der Waals surface area contributed by atoms with Crippen molar-refractivity contribution in [3.8, 4) is 0 Å². The van der Waals surface area contributed by atoms with Crippen LogP contribution in [0.4, 0.5) is 13.2 Å². The van der Waals surface area contributed by atoms with Gasteiger partial charge in [0.25, 0.3) is 0 Å². The number of ether oxygens (including phenoxy) is 2. The molecular weight excluding hydrogens is 462 g/mol. The Kier molecular flexibility index (Phi) is 5.31. The number of hydrogen-bond donors (Lipinski definition) is 1. The molecule has 1 atom stereocenters. The van der Waals surface area contributed by atoms with Crippen LogP contribution in [-0.4, -0.2) is 19.3 Å². The summed E-state index contributed by atoms with van der Waals surface area (Å²) < 4.78 is 53.7. The van der Waals surface area contributed by atoms with Crippen molar-refractivity contribution >= 4 is 41.2 Å². The van der Waals surface area contributed by atoms with Crippen LogP contribution in [0.25, 0.3) is 5.57 Å². The summed E-state index contributed by atoms with van der Waals surface area (Å²) in [6.45, 7) is 1.95. The van der Waals surface area contributed by atoms with E-state index >= 15 is 0 Å². The molecule has 1 unspecified atom stereocenters. The van der Waals surface area contributed by atoms with E-state index in [2.05, 4.69) is 5.32 Å². The van der Waals surface area contributed by atoms with Gasteiger partial charge in [0.1, 0.15) is 5.60 Å². The maximum atomic E-state index is 14.2. The van der Waals surface area contributed by atoms with E-state index in [-0.39, 0.29) is 40.0 Å². The molecular formula is C21H17Cl3F3NO2. The van der Waals surface area contributed by atoms with Crippen LogP contribution in [0.5, 0.6) is 0 Å². The first-order chi connectivity index (χ1) is 13.7. The molecule has 0 radical (unpaired) electrons. The summed E-state index contributed by atoms with van der Waals surface area (Å²) in [5.74, 6) is 0. The Balaban J connectivity index is 0.00000218. The average molecular weight is 479 g/mol. The number of rotatable bonds is 2. The highest BCUT2D eigenvalue weighted by Gasteiger charge is 2.60. The maximum Gasteiger partial charge on any atom is 0.432 e. The van der Waals surface area contributed by atoms with Gasteiger partial charge in [-0.1, -0.05) is 35.3 Å². The molecule has 30 heavy (non-hydrogen) atoms. The molecule has 160 valence electrons. The lowest BCUT2D eigenvalue weighted by molar-refractivity contribution is -0.260. The molecule has 3 aliphatic rings. The first-order valence-electron chi connectivity index (χ1n) is 9.11. The second-order valence-corrected chi connectivity index (χ2v) is 8.55. The van der Waals surface area contributed by atoms with Gasteiger partial charge in [0.05, 0.1) is 12.9 Å². The summed E-state index contributed by atoms with van der Waals surface area (Å²) in [5.41, 5.74) is 0.332. The first kappa shape index (κ1) is 21.8. The Morgan fingerprint density at radius 1 is 1.00 bits per heavy atom. The minimum absolute atomic E-state index is 0. The number of hydrogen-bond acceptors (Lipinski definition) is 3. The first-order valence-corrected chi connectivity index (χ1v) is 9.87. The highest BCUT2D eigenvalue weighted by molar-refractivity contribution is 6.34. The third kappa shape index (κ3) is 3.21. The van der Waals surface area contributed by atoms with Gasteiger partial charge in [-0.3, -0.25) is 0 Å². The zero-order valence-corrected chi connectivity index (χ0v) is 17.8. The van der Waals surface area contributed by atoms with Crippen molar-refractivity contribution in [1.29, 1.82) is 0 Å². The third-order valence-corrected chi connectivity index (χ3v) is 6.36. The van der Waals surface area contributed by atoms with Gasteiger partial charge in [-0.15, -0.1) is 12.4 Å². The van der Waals surface area contributed by atoms with Gasteiger partial charge in [-0.2, -0.15) is 13.2 Å². The molecule has 0 saturated carbocycles. The molecule has 1 N–H and O–H groups in total. The molecule has 3 nitrogen and oxygen atoms in total. The van der Waals surface area contributed by atoms with Gasteiger partial charge in [-0.25, -0.2) is 0 Å². The van der Waals surface area contributed by atoms with Crippen molar-refractivity contribution in [3.63, 3.8) is 0 Å². The third-order valence-electron chi connectivity index (χ3n) is 5.92. The quantitative estimate of drug-likeness (QED) is 0.577. The molecule has 2 aromatic carbocycles. The Hall–Kier alpha value is -1.44. The summed E-state index contributed by atoms with van der Waals surface area (Å²) in [5, 5.41) is 3.46. The summed E-state index contributed by atoms with van der Waals surface area (Å²) in [6, 6.07) is 9.58. The van der Waals surface area contributed by atoms with Gasteiger partial charge in [0.2, 0.25) is 5.60 Å². The lowest BCUT2D eigenvalue weighted by Gasteiger charge is -2.39. The fourth-order valence-corrected chi connectivity index (χ4v) is 4.80. The summed E-state index contributed by atoms with van der Waals surface area (Å²) in [7, 11) is 0. The SMILES string of the molecule is Cl.FC(F)(F)C1(c2cc(Cl)cc(Cl)c2)CC(c2ccc3c(c2)COC32CNC2)=CO1. The van der Waals surface area contributed by atoms with Crippen molar-refractivity contribution in [2.24, 2.45) is 0 Å². The van der Waals surface area contributed by atoms with Gasteiger partial charge in [-0.05, 0) is 46.5 Å². The van der Waals surface area contributed by atoms with Gasteiger partial charge < -0.3 is 14.8 Å². The van der Waals surface area contributed by atoms with Gasteiger partial charge >= 0.3 is 6.18 Å². The van der Waals surface area contributed by atoms with Crippen molar-refractivity contribution in [1.82, 2.24) is 5.32 Å². The Labute approximate surface area is 187 Å². The molecule has 0 amide bonds. The fourth-order valence-electron chi connectivity index (χ4n) is 4.28. The minimum atomic E-state index is -4.65. The predicted octanol–water partition coefficient (Wildman–Crippen LogP) is 5.96. The van der Waals surface area contributed by atoms with E-state index in [1.54, 1.807) is 0 Å². The summed E-state index contributed by atoms with van der Waals surface area (Å²) in [4.78, 5) is 0. The van der Waals surface area contributed by atoms with Crippen LogP contribution in [0.3, 0.4) is 0 Å². The molecule has 3 aliphatic heterocycles. The standard InChI is InChI=1S/C21H16Cl2F3NO2.ClH/c22-16-4-15(5-17(23)6-16)20(21(24,25)26)7-14(9-29-20)12-1-2-18-13(3-12)8-28-19(18)10-27-11-19;/h1-6,9,27H,7-8,10-11H2;1H. The smallest absolute Gasteiger partial charge is 0.432 e. The predicted molar refractivity (Wildman–Crippen MR) is 111 cm³/mol. The second kappa shape index (κ2) is 7.31. The van der Waals surface area contributed by atoms with Gasteiger partial charge in [0, 0.05) is 35.1 Å². The normalized spacial score (nSPS) is 24.0. The maximum absolute atomic E-state index is 14.2. The fraction of sp³-hybridized carbons (Fsp3) is 0.333. The highest BCUT2D eigenvalue weighted by atomic mass is 35.5. The lowest BCUT2D eigenvalue weighted by atomic mass is 9.83. The van der Waals surface area contributed by atoms with Crippen LogP contribution in [0.2, 0.25) is 10.0 Å². The number of alkyl halides is 3. The van der Waals surface area contributed by atoms with E-state index in [0.717, 1.165) is 24.2 Å². The number of nitrogens with one attached hydrogen (secondary N) is 1. The second-order valence-electron chi connectivity index (χ2n) is 7.68. The largest absolute Gasteiger partial charge is 0.480 e. The summed E-state index contributed by atoms with van der Waals surface area (Å²) >= 11 is 11.9. The van der Waals surface area contributed by atoms with E-state index in [1.807, 2.05) is 18.2 Å². The van der Waals surface area contributed by atoms with E-state index in [9.17, 15) is 13.2 Å². The van der Waals surface area contributed by atoms with Crippen LogP contribution < -0.4 is 5.32 Å². The van der Waals surface area contributed by atoms with Gasteiger partial charge in [0.15, 0.2) is 0 Å². The monoisotopic (exact) mass is 477 g/mol. The van der Waals surface area contributed by atoms with Crippen molar-refractivity contribution in [2.45, 2.75) is 30.4 Å². The Morgan fingerprint density at radius 3 is 2.30 bits per heavy atom. The lowest BCUT2D eigenvalue weighted by Crippen LogP contribution is -2.56. The molecule has 9 heteroatoms. The zero-order chi connectivity index (χ0) is 20.4. The Morgan fingerprint density at radius 2 is 1.70 bits per heavy atom. The van der Waals surface area contributed by atoms with Crippen molar-refractivity contribution in [2.75, 3.05) is 13.1 Å². The number of benzene rings is 2. The highest BCUT2D eigenvalue weighted by Crippen LogP contribution is 2.53. The molecule has 1 fully saturated rings. The molecule has 0 aliphatic carbocycles. The van der Waals surface area contributed by atoms with E-state index in [1.165, 1.54) is 24.5 Å². The molecule has 5 rings (SSSR count). The van der Waals surface area contributed by atoms with Crippen LogP contribution in [-0.2, 0) is 27.3 Å². The molecule has 0 aromatic heterocycles. The van der Waals surface area contributed by atoms with Crippen LogP contribution in [0, 0.1) is 0 Å². The van der Waals surface area contributed by atoms with Crippen LogP contribution >= 0.6 is 35.6 Å². The van der Waals surface area contributed by atoms with Crippen molar-refractivity contribution in [3.05, 3.63) is 75.0 Å². The topological polar surface area (TPSA) is 30.5 Å². The number of halogens is 6. The van der Waals surface area contributed by atoms with E-state index in [4.69, 9.17) is 32.7 Å². The van der Waals surface area contributed by atoms with E-state index in [0.29, 0.717) is 17.7 Å². The minimum Gasteiger partial charge on any atom is -0.480 e. The van der Waals surface area contributed by atoms with Crippen LogP contribution in [0.1, 0.15) is 28.7 Å². The van der Waals surface area contributed by atoms with Crippen LogP contribution in [0.15, 0.2) is 42.7 Å². The molecule has 2 aromatic rings. The van der Waals surface area contributed by atoms with Crippen molar-refractivity contribution < 1.29 is 22.6 Å². The Bertz CT molecular complexity index is 1020. The van der Waals surface area contributed by atoms with E-state index < -0.39 is 11.8 Å². The molecule has 1 spiro atoms. The number of fused-ring (bicyclic) bond motifs is 2. The molecule has 0 bridgehead atoms. The zero-order valence-electron chi connectivity index (χ0n) is 15.5. The molecule has 1 saturated heterocycles. The molecule has 3 heterocycles.